The Kier molecular flexibility index (Phi) is 9.12. The Morgan fingerprint density at radius 1 is 0.939 bits per heavy atom. The Bertz CT molecular complexity index is 1550. The molecule has 0 unspecified atom stereocenters. The standard InChI is InChI=1S/C42H65FN2O3S/c1-28(2)36-33(46)26-42(44-20-21-45-22-24-49(47,48)25-23-45)19-18-40(6)32(37(36)42)12-13-35-39(5)16-14-31(30-10-8-29(27-43)9-11-30)38(3,4)34(39)15-17-41(35,40)7/h10,14,28-29,32,34-35,44H,8-9,11-13,15-27H2,1-7H3/t29-,32-,34+,35-,39+,40-,41-,42-/m1/s1. The highest BCUT2D eigenvalue weighted by Crippen LogP contribution is 2.76. The number of rotatable bonds is 7. The van der Waals surface area contributed by atoms with Gasteiger partial charge < -0.3 is 10.2 Å². The molecule has 1 heterocycles. The van der Waals surface area contributed by atoms with Crippen LogP contribution in [0.1, 0.15) is 119 Å². The normalized spacial score (nSPS) is 43.3. The van der Waals surface area contributed by atoms with Crippen molar-refractivity contribution in [3.8, 4) is 0 Å². The number of carbonyl (C=O) groups is 1. The summed E-state index contributed by atoms with van der Waals surface area (Å²) >= 11 is 0. The van der Waals surface area contributed by atoms with Gasteiger partial charge in [-0.25, -0.2) is 8.42 Å². The monoisotopic (exact) mass is 696 g/mol. The van der Waals surface area contributed by atoms with E-state index in [1.165, 1.54) is 30.4 Å². The minimum atomic E-state index is -2.90. The van der Waals surface area contributed by atoms with Crippen molar-refractivity contribution >= 4 is 15.6 Å². The van der Waals surface area contributed by atoms with Crippen molar-refractivity contribution in [2.24, 2.45) is 51.2 Å². The van der Waals surface area contributed by atoms with Gasteiger partial charge in [-0.2, -0.15) is 0 Å². The number of sulfone groups is 1. The van der Waals surface area contributed by atoms with E-state index in [1.807, 2.05) is 0 Å². The van der Waals surface area contributed by atoms with Crippen LogP contribution in [0, 0.1) is 51.2 Å². The second kappa shape index (κ2) is 12.4. The Labute approximate surface area is 297 Å². The van der Waals surface area contributed by atoms with Crippen molar-refractivity contribution < 1.29 is 17.6 Å². The lowest BCUT2D eigenvalue weighted by Gasteiger charge is -2.71. The van der Waals surface area contributed by atoms with Gasteiger partial charge in [-0.3, -0.25) is 9.18 Å². The predicted octanol–water partition coefficient (Wildman–Crippen LogP) is 8.27. The van der Waals surface area contributed by atoms with E-state index in [0.29, 0.717) is 43.0 Å². The summed E-state index contributed by atoms with van der Waals surface area (Å²) in [6.07, 6.45) is 16.7. The molecule has 3 saturated carbocycles. The van der Waals surface area contributed by atoms with E-state index < -0.39 is 9.84 Å². The molecule has 0 aromatic carbocycles. The molecular weight excluding hydrogens is 632 g/mol. The van der Waals surface area contributed by atoms with E-state index in [9.17, 15) is 17.6 Å². The minimum Gasteiger partial charge on any atom is -0.306 e. The molecule has 0 aromatic heterocycles. The largest absolute Gasteiger partial charge is 0.306 e. The van der Waals surface area contributed by atoms with Crippen LogP contribution in [0.5, 0.6) is 0 Å². The zero-order chi connectivity index (χ0) is 35.2. The Morgan fingerprint density at radius 3 is 2.33 bits per heavy atom. The molecule has 1 N–H and O–H groups in total. The van der Waals surface area contributed by atoms with E-state index in [1.54, 1.807) is 5.57 Å². The molecule has 0 spiro atoms. The van der Waals surface area contributed by atoms with Crippen LogP contribution in [0.2, 0.25) is 0 Å². The second-order valence-corrected chi connectivity index (χ2v) is 21.6. The van der Waals surface area contributed by atoms with Crippen LogP contribution in [0.3, 0.4) is 0 Å². The molecule has 7 rings (SSSR count). The van der Waals surface area contributed by atoms with Gasteiger partial charge in [0.15, 0.2) is 15.6 Å². The number of fused-ring (bicyclic) bond motifs is 7. The number of alkyl halides is 1. The maximum atomic E-state index is 14.0. The highest BCUT2D eigenvalue weighted by molar-refractivity contribution is 7.91. The van der Waals surface area contributed by atoms with Gasteiger partial charge in [0.2, 0.25) is 0 Å². The molecule has 7 aliphatic rings. The van der Waals surface area contributed by atoms with Gasteiger partial charge in [-0.05, 0) is 138 Å². The van der Waals surface area contributed by atoms with Gasteiger partial charge in [-0.15, -0.1) is 0 Å². The third-order valence-electron chi connectivity index (χ3n) is 16.4. The number of nitrogens with zero attached hydrogens (tertiary/aromatic N) is 1. The van der Waals surface area contributed by atoms with Crippen LogP contribution in [0.4, 0.5) is 4.39 Å². The van der Waals surface area contributed by atoms with Crippen molar-refractivity contribution in [2.45, 2.75) is 125 Å². The minimum absolute atomic E-state index is 0.107. The maximum absolute atomic E-state index is 14.0. The number of hydrogen-bond acceptors (Lipinski definition) is 5. The fourth-order valence-electron chi connectivity index (χ4n) is 13.7. The van der Waals surface area contributed by atoms with Crippen LogP contribution in [0.15, 0.2) is 34.4 Å². The molecular formula is C42H65FN2O3S. The lowest BCUT2D eigenvalue weighted by Crippen LogP contribution is -2.66. The van der Waals surface area contributed by atoms with Crippen molar-refractivity contribution in [1.29, 1.82) is 0 Å². The molecule has 0 amide bonds. The summed E-state index contributed by atoms with van der Waals surface area (Å²) in [5.74, 6) is 2.98. The smallest absolute Gasteiger partial charge is 0.161 e. The number of allylic oxidation sites excluding steroid dienone is 5. The first-order valence-electron chi connectivity index (χ1n) is 19.9. The fourth-order valence-corrected chi connectivity index (χ4v) is 15.0. The molecule has 0 aromatic rings. The Morgan fingerprint density at radius 2 is 1.67 bits per heavy atom. The topological polar surface area (TPSA) is 66.5 Å². The van der Waals surface area contributed by atoms with Gasteiger partial charge in [0.25, 0.3) is 0 Å². The van der Waals surface area contributed by atoms with E-state index in [-0.39, 0.29) is 57.2 Å². The molecule has 274 valence electrons. The number of ketones is 1. The quantitative estimate of drug-likeness (QED) is 0.290. The SMILES string of the molecule is CC(C)C1=C2[C@H]3CC[C@@H]4[C@@]5(C)CC=C(C6=CC[C@@H](CF)CC6)C(C)(C)[C@@H]5CC[C@@]4(C)[C@]3(C)CC[C@@]2(NCCN2CCS(=O)(=O)CC2)CC1=O. The van der Waals surface area contributed by atoms with Crippen molar-refractivity contribution in [3.05, 3.63) is 34.4 Å². The third kappa shape index (κ3) is 5.54. The summed E-state index contributed by atoms with van der Waals surface area (Å²) in [5.41, 5.74) is 6.08. The first kappa shape index (κ1) is 36.1. The van der Waals surface area contributed by atoms with E-state index in [0.717, 1.165) is 63.6 Å². The fraction of sp³-hybridized carbons (Fsp3) is 0.833. The van der Waals surface area contributed by atoms with E-state index in [4.69, 9.17) is 0 Å². The van der Waals surface area contributed by atoms with E-state index >= 15 is 0 Å². The van der Waals surface area contributed by atoms with Crippen molar-refractivity contribution in [2.75, 3.05) is 44.4 Å². The van der Waals surface area contributed by atoms with Gasteiger partial charge in [0.1, 0.15) is 0 Å². The lowest BCUT2D eigenvalue weighted by atomic mass is 9.33. The summed E-state index contributed by atoms with van der Waals surface area (Å²) < 4.78 is 37.5. The average molecular weight is 697 g/mol. The number of Topliss-reactive ketones (excluding diaryl/α,β-unsaturated/α-hetero) is 1. The predicted molar refractivity (Wildman–Crippen MR) is 198 cm³/mol. The summed E-state index contributed by atoms with van der Waals surface area (Å²) in [6, 6.07) is 0. The van der Waals surface area contributed by atoms with Gasteiger partial charge in [0.05, 0.1) is 18.2 Å². The molecule has 0 radical (unpaired) electrons. The molecule has 8 atom stereocenters. The Balaban J connectivity index is 1.17. The van der Waals surface area contributed by atoms with Crippen molar-refractivity contribution in [1.82, 2.24) is 10.2 Å². The molecule has 5 nitrogen and oxygen atoms in total. The molecule has 6 aliphatic carbocycles. The number of carbonyl (C=O) groups excluding carboxylic acids is 1. The molecule has 0 bridgehead atoms. The van der Waals surface area contributed by atoms with Gasteiger partial charge in [-0.1, -0.05) is 60.6 Å². The first-order valence-corrected chi connectivity index (χ1v) is 21.7. The van der Waals surface area contributed by atoms with E-state index in [2.05, 4.69) is 70.8 Å². The van der Waals surface area contributed by atoms with Crippen LogP contribution in [0.25, 0.3) is 0 Å². The first-order chi connectivity index (χ1) is 23.0. The van der Waals surface area contributed by atoms with Crippen LogP contribution >= 0.6 is 0 Å². The molecule has 1 saturated heterocycles. The second-order valence-electron chi connectivity index (χ2n) is 19.3. The number of hydrogen-bond donors (Lipinski definition) is 1. The van der Waals surface area contributed by atoms with Crippen LogP contribution in [-0.2, 0) is 14.6 Å². The van der Waals surface area contributed by atoms with Crippen molar-refractivity contribution in [3.63, 3.8) is 0 Å². The maximum Gasteiger partial charge on any atom is 0.161 e. The van der Waals surface area contributed by atoms with Crippen LogP contribution < -0.4 is 5.32 Å². The summed E-state index contributed by atoms with van der Waals surface area (Å²) in [4.78, 5) is 16.2. The molecule has 1 aliphatic heterocycles. The summed E-state index contributed by atoms with van der Waals surface area (Å²) in [6.45, 7) is 20.1. The number of nitrogens with one attached hydrogen (secondary N) is 1. The summed E-state index contributed by atoms with van der Waals surface area (Å²) in [7, 11) is -2.90. The van der Waals surface area contributed by atoms with Crippen LogP contribution in [-0.4, -0.2) is 69.0 Å². The highest BCUT2D eigenvalue weighted by Gasteiger charge is 2.69. The van der Waals surface area contributed by atoms with Gasteiger partial charge in [0, 0.05) is 38.1 Å². The summed E-state index contributed by atoms with van der Waals surface area (Å²) in [5, 5.41) is 4.02. The van der Waals surface area contributed by atoms with Gasteiger partial charge >= 0.3 is 0 Å². The lowest BCUT2D eigenvalue weighted by molar-refractivity contribution is -0.196. The molecule has 49 heavy (non-hydrogen) atoms. The molecule has 7 heteroatoms. The Hall–Kier alpha value is -1.31. The average Bonchev–Trinajstić information content (AvgIpc) is 3.34. The zero-order valence-corrected chi connectivity index (χ0v) is 32.5. The molecule has 4 fully saturated rings. The third-order valence-corrected chi connectivity index (χ3v) is 18.0. The highest BCUT2D eigenvalue weighted by atomic mass is 32.2. The number of halogens is 1. The zero-order valence-electron chi connectivity index (χ0n) is 31.7.